The number of aliphatic hydroxyl groups excluding tert-OH is 2. The van der Waals surface area contributed by atoms with Crippen molar-refractivity contribution < 1.29 is 37.9 Å². The Bertz CT molecular complexity index is 1680. The van der Waals surface area contributed by atoms with Gasteiger partial charge in [0.15, 0.2) is 0 Å². The van der Waals surface area contributed by atoms with Crippen LogP contribution < -0.4 is 0 Å². The van der Waals surface area contributed by atoms with E-state index in [0.29, 0.717) is 16.0 Å². The first-order valence-electron chi connectivity index (χ1n) is 12.6. The van der Waals surface area contributed by atoms with Crippen LogP contribution >= 0.6 is 11.3 Å². The molecule has 1 amide bonds. The van der Waals surface area contributed by atoms with E-state index in [1.54, 1.807) is 6.20 Å². The molecule has 1 aromatic carbocycles. The van der Waals surface area contributed by atoms with Crippen LogP contribution in [0, 0.1) is 22.0 Å². The lowest BCUT2D eigenvalue weighted by atomic mass is 9.77. The molecule has 2 aliphatic heterocycles. The average Bonchev–Trinajstić information content (AvgIpc) is 3.57. The van der Waals surface area contributed by atoms with Crippen LogP contribution in [0.1, 0.15) is 24.3 Å². The van der Waals surface area contributed by atoms with Crippen molar-refractivity contribution in [2.24, 2.45) is 11.8 Å². The first-order chi connectivity index (χ1) is 19.4. The highest BCUT2D eigenvalue weighted by Crippen LogP contribution is 2.52. The van der Waals surface area contributed by atoms with Crippen molar-refractivity contribution in [1.82, 2.24) is 18.6 Å². The molecule has 0 radical (unpaired) electrons. The summed E-state index contributed by atoms with van der Waals surface area (Å²) in [5.74, 6) is -2.34. The van der Waals surface area contributed by atoms with Crippen LogP contribution in [0.2, 0.25) is 0 Å². The third-order valence-corrected chi connectivity index (χ3v) is 10.5. The molecule has 16 heteroatoms. The number of fused-ring (bicyclic) bond motifs is 2. The predicted molar refractivity (Wildman–Crippen MR) is 145 cm³/mol. The van der Waals surface area contributed by atoms with Crippen LogP contribution in [-0.2, 0) is 31.0 Å². The molecule has 0 saturated carbocycles. The molecule has 14 nitrogen and oxygen atoms in total. The number of carbonyl (C=O) groups is 2. The minimum Gasteiger partial charge on any atom is -0.456 e. The Kier molecular flexibility index (Phi) is 7.46. The maximum Gasteiger partial charge on any atom is 0.355 e. The van der Waals surface area contributed by atoms with E-state index >= 15 is 0 Å². The summed E-state index contributed by atoms with van der Waals surface area (Å²) < 4.78 is 34.2. The van der Waals surface area contributed by atoms with Crippen LogP contribution in [0.3, 0.4) is 0 Å². The van der Waals surface area contributed by atoms with Gasteiger partial charge in [0.2, 0.25) is 10.9 Å². The van der Waals surface area contributed by atoms with Crippen molar-refractivity contribution >= 4 is 49.3 Å². The van der Waals surface area contributed by atoms with Crippen molar-refractivity contribution in [2.45, 2.75) is 37.6 Å². The van der Waals surface area contributed by atoms with Gasteiger partial charge in [0.1, 0.15) is 23.5 Å². The first-order valence-corrected chi connectivity index (χ1v) is 14.8. The van der Waals surface area contributed by atoms with Gasteiger partial charge in [-0.1, -0.05) is 6.92 Å². The zero-order valence-electron chi connectivity index (χ0n) is 22.2. The molecule has 0 aliphatic carbocycles. The molecule has 4 atom stereocenters. The molecule has 5 rings (SSSR count). The molecule has 0 bridgehead atoms. The second-order valence-corrected chi connectivity index (χ2v) is 12.9. The maximum atomic E-state index is 13.5. The maximum absolute atomic E-state index is 13.5. The number of aliphatic hydroxyl groups is 2. The molecule has 41 heavy (non-hydrogen) atoms. The minimum atomic E-state index is -4.02. The number of β-lactam (4-membered cyclic amide) rings is 1. The van der Waals surface area contributed by atoms with Crippen LogP contribution in [0.25, 0.3) is 10.4 Å². The minimum absolute atomic E-state index is 0.00517. The summed E-state index contributed by atoms with van der Waals surface area (Å²) in [6.07, 6.45) is 2.01. The number of amides is 1. The van der Waals surface area contributed by atoms with Crippen LogP contribution in [-0.4, -0.2) is 86.4 Å². The number of esters is 1. The number of nitro groups is 1. The molecule has 2 aromatic heterocycles. The van der Waals surface area contributed by atoms with Crippen molar-refractivity contribution in [1.29, 1.82) is 0 Å². The molecule has 2 N–H and O–H groups in total. The summed E-state index contributed by atoms with van der Waals surface area (Å²) in [7, 11) is -2.69. The molecular weight excluding hydrogens is 578 g/mol. The summed E-state index contributed by atoms with van der Waals surface area (Å²) in [5, 5.41) is 30.2. The Labute approximate surface area is 238 Å². The summed E-state index contributed by atoms with van der Waals surface area (Å²) in [4.78, 5) is 43.1. The van der Waals surface area contributed by atoms with Gasteiger partial charge in [0.05, 0.1) is 34.5 Å². The van der Waals surface area contributed by atoms with Crippen molar-refractivity contribution in [2.75, 3.05) is 20.2 Å². The number of imidazole rings is 1. The second kappa shape index (κ2) is 10.6. The van der Waals surface area contributed by atoms with Crippen LogP contribution in [0.4, 0.5) is 5.69 Å². The van der Waals surface area contributed by atoms with E-state index in [-0.39, 0.29) is 41.0 Å². The Morgan fingerprint density at radius 1 is 1.32 bits per heavy atom. The smallest absolute Gasteiger partial charge is 0.355 e. The Morgan fingerprint density at radius 3 is 2.61 bits per heavy atom. The first kappa shape index (κ1) is 28.8. The SMILES string of the molecule is C[C@@H](O)[C@H]1C(=O)N2C(C(=O)OCc3ccc([N+](=O)[O-])cc3)=C(c3cn4cnc(S(=O)(=O)N(C)CCO)c4s3)[C@H](C)[C@H]12. The number of rotatable bonds is 10. The summed E-state index contributed by atoms with van der Waals surface area (Å²) in [5.41, 5.74) is 0.871. The molecule has 0 unspecified atom stereocenters. The lowest BCUT2D eigenvalue weighted by Crippen LogP contribution is -2.63. The van der Waals surface area contributed by atoms with E-state index in [4.69, 9.17) is 4.74 Å². The van der Waals surface area contributed by atoms with Crippen LogP contribution in [0.15, 0.2) is 47.5 Å². The number of non-ortho nitro benzene ring substituents is 1. The highest BCUT2D eigenvalue weighted by Gasteiger charge is 2.60. The summed E-state index contributed by atoms with van der Waals surface area (Å²) in [6.45, 7) is 2.65. The van der Waals surface area contributed by atoms with Crippen molar-refractivity contribution in [3.05, 3.63) is 63.0 Å². The number of nitrogens with zero attached hydrogens (tertiary/aromatic N) is 5. The number of hydrogen-bond acceptors (Lipinski definition) is 11. The fourth-order valence-electron chi connectivity index (χ4n) is 5.30. The molecule has 3 aromatic rings. The number of likely N-dealkylation sites (N-methyl/N-ethyl adjacent to an activating group) is 1. The molecule has 2 aliphatic rings. The lowest BCUT2D eigenvalue weighted by Gasteiger charge is -2.46. The topological polar surface area (TPSA) is 185 Å². The Balaban J connectivity index is 1.53. The number of nitro benzene ring substituents is 1. The molecule has 218 valence electrons. The highest BCUT2D eigenvalue weighted by atomic mass is 32.2. The monoisotopic (exact) mass is 605 g/mol. The number of ether oxygens (including phenoxy) is 1. The number of sulfonamides is 1. The fourth-order valence-corrected chi connectivity index (χ4v) is 7.98. The number of aromatic nitrogens is 2. The van der Waals surface area contributed by atoms with E-state index in [9.17, 15) is 38.3 Å². The Hall–Kier alpha value is -3.70. The van der Waals surface area contributed by atoms with Gasteiger partial charge in [-0.2, -0.15) is 4.31 Å². The number of carbonyl (C=O) groups excluding carboxylic acids is 2. The average molecular weight is 606 g/mol. The fraction of sp³-hybridized carbons (Fsp3) is 0.400. The largest absolute Gasteiger partial charge is 0.456 e. The molecule has 1 fully saturated rings. The zero-order valence-corrected chi connectivity index (χ0v) is 23.8. The van der Waals surface area contributed by atoms with Gasteiger partial charge in [-0.05, 0) is 24.6 Å². The highest BCUT2D eigenvalue weighted by molar-refractivity contribution is 7.89. The zero-order chi connectivity index (χ0) is 29.8. The van der Waals surface area contributed by atoms with Crippen molar-refractivity contribution in [3.8, 4) is 0 Å². The van der Waals surface area contributed by atoms with E-state index in [0.717, 1.165) is 15.6 Å². The molecule has 1 saturated heterocycles. The molecule has 4 heterocycles. The summed E-state index contributed by atoms with van der Waals surface area (Å²) in [6, 6.07) is 5.01. The van der Waals surface area contributed by atoms with E-state index in [2.05, 4.69) is 4.98 Å². The van der Waals surface area contributed by atoms with Gasteiger partial charge < -0.3 is 19.8 Å². The van der Waals surface area contributed by atoms with Crippen molar-refractivity contribution in [3.63, 3.8) is 0 Å². The van der Waals surface area contributed by atoms with Crippen LogP contribution in [0.5, 0.6) is 0 Å². The standard InChI is InChI=1S/C25H27N5O9S2/c1-13-18(17-10-28-12-26-22(24(28)40-17)41(37,38)27(3)8-9-31)21(29-20(13)19(14(2)32)23(29)33)25(34)39-11-15-4-6-16(7-5-15)30(35)36/h4-7,10,12-14,19-20,31-32H,8-9,11H2,1-3H3/t13-,14+,19+,20+/m0/s1. The normalized spacial score (nSPS) is 21.4. The number of benzene rings is 1. The van der Waals surface area contributed by atoms with Gasteiger partial charge in [-0.25, -0.2) is 18.2 Å². The predicted octanol–water partition coefficient (Wildman–Crippen LogP) is 1.23. The Morgan fingerprint density at radius 2 is 2.00 bits per heavy atom. The molecule has 0 spiro atoms. The van der Waals surface area contributed by atoms with Gasteiger partial charge in [0.25, 0.3) is 15.7 Å². The lowest BCUT2D eigenvalue weighted by molar-refractivity contribution is -0.384. The molecular formula is C25H27N5O9S2. The van der Waals surface area contributed by atoms with Gasteiger partial charge in [0, 0.05) is 43.4 Å². The number of thiazole rings is 1. The quantitative estimate of drug-likeness (QED) is 0.147. The van der Waals surface area contributed by atoms with E-state index in [1.807, 2.05) is 6.92 Å². The third-order valence-electron chi connectivity index (χ3n) is 7.40. The van der Waals surface area contributed by atoms with Gasteiger partial charge in [-0.3, -0.25) is 19.3 Å². The van der Waals surface area contributed by atoms with E-state index < -0.39 is 50.8 Å². The van der Waals surface area contributed by atoms with Gasteiger partial charge in [-0.15, -0.1) is 11.3 Å². The number of hydrogen-bond donors (Lipinski definition) is 2. The summed E-state index contributed by atoms with van der Waals surface area (Å²) >= 11 is 1.08. The second-order valence-electron chi connectivity index (χ2n) is 9.92. The van der Waals surface area contributed by atoms with Gasteiger partial charge >= 0.3 is 5.97 Å². The van der Waals surface area contributed by atoms with E-state index in [1.165, 1.54) is 53.9 Å². The third kappa shape index (κ3) is 4.70.